The van der Waals surface area contributed by atoms with Crippen LogP contribution in [-0.2, 0) is 9.53 Å². The Morgan fingerprint density at radius 3 is 2.44 bits per heavy atom. The number of carbonyl (C=O) groups excluding carboxylic acids is 1. The summed E-state index contributed by atoms with van der Waals surface area (Å²) in [7, 11) is 0. The van der Waals surface area contributed by atoms with Crippen LogP contribution in [0.1, 0.15) is 25.0 Å². The summed E-state index contributed by atoms with van der Waals surface area (Å²) in [6.45, 7) is 5.03. The Morgan fingerprint density at radius 1 is 1.00 bits per heavy atom. The van der Waals surface area contributed by atoms with E-state index < -0.39 is 5.97 Å². The van der Waals surface area contributed by atoms with Gasteiger partial charge in [0.05, 0.1) is 13.2 Å². The van der Waals surface area contributed by atoms with Crippen LogP contribution in [0.4, 0.5) is 0 Å². The van der Waals surface area contributed by atoms with Gasteiger partial charge in [-0.15, -0.1) is 0 Å². The minimum absolute atomic E-state index is 0.262. The molecule has 128 valence electrons. The molecule has 0 fully saturated rings. The van der Waals surface area contributed by atoms with Crippen molar-refractivity contribution >= 4 is 17.9 Å². The van der Waals surface area contributed by atoms with E-state index in [2.05, 4.69) is 4.99 Å². The quantitative estimate of drug-likeness (QED) is 0.594. The van der Waals surface area contributed by atoms with Gasteiger partial charge in [-0.2, -0.15) is 0 Å². The number of benzene rings is 2. The molecule has 0 aliphatic carbocycles. The van der Waals surface area contributed by atoms with Crippen LogP contribution in [0.25, 0.3) is 6.08 Å². The first-order valence-electron chi connectivity index (χ1n) is 8.18. The summed E-state index contributed by atoms with van der Waals surface area (Å²) in [6.07, 6.45) is 1.69. The summed E-state index contributed by atoms with van der Waals surface area (Å²) in [6, 6.07) is 14.7. The number of hydrogen-bond acceptors (Lipinski definition) is 5. The zero-order chi connectivity index (χ0) is 17.6. The van der Waals surface area contributed by atoms with Crippen molar-refractivity contribution in [3.63, 3.8) is 0 Å². The molecule has 2 aromatic carbocycles. The third-order valence-corrected chi connectivity index (χ3v) is 3.51. The third kappa shape index (κ3) is 4.07. The molecule has 1 heterocycles. The Bertz CT molecular complexity index is 822. The van der Waals surface area contributed by atoms with E-state index in [-0.39, 0.29) is 5.70 Å². The number of ether oxygens (including phenoxy) is 3. The second-order valence-electron chi connectivity index (χ2n) is 5.30. The smallest absolute Gasteiger partial charge is 0.363 e. The molecule has 1 aliphatic rings. The molecule has 5 nitrogen and oxygen atoms in total. The van der Waals surface area contributed by atoms with Crippen molar-refractivity contribution in [1.82, 2.24) is 0 Å². The van der Waals surface area contributed by atoms with Crippen molar-refractivity contribution in [2.24, 2.45) is 4.99 Å². The zero-order valence-electron chi connectivity index (χ0n) is 14.2. The van der Waals surface area contributed by atoms with E-state index in [1.165, 1.54) is 0 Å². The maximum Gasteiger partial charge on any atom is 0.363 e. The molecule has 2 aromatic rings. The van der Waals surface area contributed by atoms with Crippen LogP contribution in [0.5, 0.6) is 11.5 Å². The highest BCUT2D eigenvalue weighted by Gasteiger charge is 2.24. The van der Waals surface area contributed by atoms with Crippen LogP contribution in [0.3, 0.4) is 0 Å². The van der Waals surface area contributed by atoms with Crippen LogP contribution in [0.2, 0.25) is 0 Å². The highest BCUT2D eigenvalue weighted by molar-refractivity contribution is 6.12. The SMILES string of the molecule is CCOc1ccc(C2=N/C(=C\c3cccc(OCC)c3)C(=O)O2)cc1. The molecule has 0 unspecified atom stereocenters. The second kappa shape index (κ2) is 7.66. The van der Waals surface area contributed by atoms with Crippen molar-refractivity contribution in [2.75, 3.05) is 13.2 Å². The fourth-order valence-corrected chi connectivity index (χ4v) is 2.41. The number of esters is 1. The Hall–Kier alpha value is -3.08. The molecule has 0 atom stereocenters. The van der Waals surface area contributed by atoms with E-state index in [0.29, 0.717) is 19.1 Å². The van der Waals surface area contributed by atoms with E-state index >= 15 is 0 Å². The molecule has 1 aliphatic heterocycles. The van der Waals surface area contributed by atoms with Crippen molar-refractivity contribution in [2.45, 2.75) is 13.8 Å². The van der Waals surface area contributed by atoms with Crippen molar-refractivity contribution in [3.05, 3.63) is 65.4 Å². The minimum Gasteiger partial charge on any atom is -0.494 e. The van der Waals surface area contributed by atoms with Gasteiger partial charge in [0.15, 0.2) is 5.70 Å². The highest BCUT2D eigenvalue weighted by Crippen LogP contribution is 2.22. The van der Waals surface area contributed by atoms with Crippen molar-refractivity contribution in [1.29, 1.82) is 0 Å². The summed E-state index contributed by atoms with van der Waals surface area (Å²) >= 11 is 0. The van der Waals surface area contributed by atoms with Crippen molar-refractivity contribution < 1.29 is 19.0 Å². The molecule has 0 saturated heterocycles. The summed E-state index contributed by atoms with van der Waals surface area (Å²) in [5, 5.41) is 0. The van der Waals surface area contributed by atoms with Gasteiger partial charge in [0, 0.05) is 5.56 Å². The topological polar surface area (TPSA) is 57.1 Å². The summed E-state index contributed by atoms with van der Waals surface area (Å²) in [4.78, 5) is 16.4. The van der Waals surface area contributed by atoms with E-state index in [4.69, 9.17) is 14.2 Å². The maximum atomic E-state index is 12.1. The first-order valence-corrected chi connectivity index (χ1v) is 8.18. The summed E-state index contributed by atoms with van der Waals surface area (Å²) in [5.74, 6) is 1.34. The Balaban J connectivity index is 1.83. The fourth-order valence-electron chi connectivity index (χ4n) is 2.41. The average molecular weight is 337 g/mol. The standard InChI is InChI=1S/C20H19NO4/c1-3-23-16-10-8-15(9-11-16)19-21-18(20(22)25-19)13-14-6-5-7-17(12-14)24-4-2/h5-13H,3-4H2,1-2H3/b18-13-. The van der Waals surface area contributed by atoms with Crippen LogP contribution < -0.4 is 9.47 Å². The molecule has 0 bridgehead atoms. The van der Waals surface area contributed by atoms with Crippen LogP contribution in [-0.4, -0.2) is 25.1 Å². The second-order valence-corrected chi connectivity index (χ2v) is 5.30. The third-order valence-electron chi connectivity index (χ3n) is 3.51. The number of aliphatic imine (C=N–C) groups is 1. The Labute approximate surface area is 146 Å². The fraction of sp³-hybridized carbons (Fsp3) is 0.200. The lowest BCUT2D eigenvalue weighted by molar-refractivity contribution is -0.129. The van der Waals surface area contributed by atoms with E-state index in [1.54, 1.807) is 6.08 Å². The number of hydrogen-bond donors (Lipinski definition) is 0. The van der Waals surface area contributed by atoms with Gasteiger partial charge in [-0.3, -0.25) is 0 Å². The zero-order valence-corrected chi connectivity index (χ0v) is 14.2. The lowest BCUT2D eigenvalue weighted by atomic mass is 10.2. The summed E-state index contributed by atoms with van der Waals surface area (Å²) in [5.41, 5.74) is 1.82. The van der Waals surface area contributed by atoms with E-state index in [9.17, 15) is 4.79 Å². The van der Waals surface area contributed by atoms with Gasteiger partial charge in [-0.25, -0.2) is 9.79 Å². The van der Waals surface area contributed by atoms with Gasteiger partial charge in [0.2, 0.25) is 5.90 Å². The van der Waals surface area contributed by atoms with Gasteiger partial charge in [0.25, 0.3) is 0 Å². The molecule has 25 heavy (non-hydrogen) atoms. The molecular formula is C20H19NO4. The predicted octanol–water partition coefficient (Wildman–Crippen LogP) is 3.83. The van der Waals surface area contributed by atoms with E-state index in [1.807, 2.05) is 62.4 Å². The van der Waals surface area contributed by atoms with Crippen LogP contribution >= 0.6 is 0 Å². The lowest BCUT2D eigenvalue weighted by Crippen LogP contribution is -2.05. The molecular weight excluding hydrogens is 318 g/mol. The number of carbonyl (C=O) groups is 1. The van der Waals surface area contributed by atoms with Crippen molar-refractivity contribution in [3.8, 4) is 11.5 Å². The predicted molar refractivity (Wildman–Crippen MR) is 95.8 cm³/mol. The first kappa shape index (κ1) is 16.8. The normalized spacial score (nSPS) is 15.0. The molecule has 0 aromatic heterocycles. The van der Waals surface area contributed by atoms with Crippen LogP contribution in [0.15, 0.2) is 59.2 Å². The molecule has 0 N–H and O–H groups in total. The van der Waals surface area contributed by atoms with Gasteiger partial charge in [-0.05, 0) is 61.9 Å². The van der Waals surface area contributed by atoms with Gasteiger partial charge in [-0.1, -0.05) is 12.1 Å². The molecule has 3 rings (SSSR count). The number of rotatable bonds is 6. The molecule has 0 saturated carbocycles. The molecule has 0 radical (unpaired) electrons. The van der Waals surface area contributed by atoms with Gasteiger partial charge < -0.3 is 14.2 Å². The molecule has 0 spiro atoms. The number of nitrogens with zero attached hydrogens (tertiary/aromatic N) is 1. The van der Waals surface area contributed by atoms with Gasteiger partial charge >= 0.3 is 5.97 Å². The highest BCUT2D eigenvalue weighted by atomic mass is 16.6. The molecule has 5 heteroatoms. The summed E-state index contributed by atoms with van der Waals surface area (Å²) < 4.78 is 16.2. The van der Waals surface area contributed by atoms with E-state index in [0.717, 1.165) is 22.6 Å². The minimum atomic E-state index is -0.467. The first-order chi connectivity index (χ1) is 12.2. The largest absolute Gasteiger partial charge is 0.494 e. The molecule has 0 amide bonds. The van der Waals surface area contributed by atoms with Gasteiger partial charge in [0.1, 0.15) is 11.5 Å². The monoisotopic (exact) mass is 337 g/mol. The lowest BCUT2D eigenvalue weighted by Gasteiger charge is -2.03. The average Bonchev–Trinajstić information content (AvgIpc) is 2.97. The maximum absolute atomic E-state index is 12.1. The number of cyclic esters (lactones) is 1. The Morgan fingerprint density at radius 2 is 1.72 bits per heavy atom. The Kier molecular flexibility index (Phi) is 5.14. The van der Waals surface area contributed by atoms with Crippen LogP contribution in [0, 0.1) is 0 Å².